The lowest BCUT2D eigenvalue weighted by molar-refractivity contribution is -0.00552. The maximum Gasteiger partial charge on any atom is -0.0143 e. The van der Waals surface area contributed by atoms with Crippen molar-refractivity contribution >= 4 is 0 Å². The molecular weight excluding hydrogens is 312 g/mol. The number of hydrogen-bond donors (Lipinski definition) is 0. The van der Waals surface area contributed by atoms with Gasteiger partial charge >= 0.3 is 0 Å². The molecule has 0 heteroatoms. The maximum atomic E-state index is 2.79. The average molecular weight is 357 g/mol. The normalized spacial score (nSPS) is 54.2. The molecule has 4 rings (SSSR count). The fourth-order valence-electron chi connectivity index (χ4n) is 8.78. The van der Waals surface area contributed by atoms with Gasteiger partial charge in [-0.15, -0.1) is 0 Å². The summed E-state index contributed by atoms with van der Waals surface area (Å²) in [4.78, 5) is 0. The van der Waals surface area contributed by atoms with Crippen LogP contribution in [0, 0.1) is 58.2 Å². The monoisotopic (exact) mass is 356 g/mol. The van der Waals surface area contributed by atoms with Crippen LogP contribution in [-0.2, 0) is 0 Å². The van der Waals surface area contributed by atoms with Gasteiger partial charge in [-0.25, -0.2) is 0 Å². The van der Waals surface area contributed by atoms with Gasteiger partial charge in [0.05, 0.1) is 0 Å². The Morgan fingerprint density at radius 2 is 1.50 bits per heavy atom. The lowest BCUT2D eigenvalue weighted by Gasteiger charge is -2.56. The van der Waals surface area contributed by atoms with Gasteiger partial charge in [-0.2, -0.15) is 0 Å². The zero-order valence-electron chi connectivity index (χ0n) is 18.6. The van der Waals surface area contributed by atoms with Crippen LogP contribution in [0.4, 0.5) is 0 Å². The molecule has 0 nitrogen and oxygen atoms in total. The third-order valence-corrected chi connectivity index (χ3v) is 10.7. The van der Waals surface area contributed by atoms with Gasteiger partial charge in [-0.3, -0.25) is 0 Å². The molecule has 3 saturated carbocycles. The summed E-state index contributed by atoms with van der Waals surface area (Å²) in [6.07, 6.45) is 13.0. The lowest BCUT2D eigenvalue weighted by atomic mass is 9.48. The number of allylic oxidation sites excluding steroid dienone is 2. The molecule has 4 aliphatic carbocycles. The van der Waals surface area contributed by atoms with Crippen LogP contribution < -0.4 is 0 Å². The minimum atomic E-state index is 0.569. The van der Waals surface area contributed by atoms with Crippen LogP contribution in [0.1, 0.15) is 93.4 Å². The topological polar surface area (TPSA) is 0 Å². The van der Waals surface area contributed by atoms with Crippen molar-refractivity contribution in [3.63, 3.8) is 0 Å². The Labute approximate surface area is 163 Å². The Morgan fingerprint density at radius 1 is 0.846 bits per heavy atom. The van der Waals surface area contributed by atoms with Gasteiger partial charge in [-0.1, -0.05) is 60.1 Å². The molecule has 148 valence electrons. The van der Waals surface area contributed by atoms with Crippen molar-refractivity contribution in [2.45, 2.75) is 93.4 Å². The van der Waals surface area contributed by atoms with Crippen molar-refractivity contribution in [2.75, 3.05) is 0 Å². The number of rotatable bonds is 1. The maximum absolute atomic E-state index is 2.79. The Hall–Kier alpha value is -0.260. The van der Waals surface area contributed by atoms with Crippen molar-refractivity contribution in [3.8, 4) is 0 Å². The van der Waals surface area contributed by atoms with E-state index in [0.29, 0.717) is 10.8 Å². The van der Waals surface area contributed by atoms with E-state index < -0.39 is 0 Å². The first-order valence-electron chi connectivity index (χ1n) is 11.9. The molecule has 0 aromatic heterocycles. The summed E-state index contributed by atoms with van der Waals surface area (Å²) >= 11 is 0. The predicted molar refractivity (Wildman–Crippen MR) is 113 cm³/mol. The Morgan fingerprint density at radius 3 is 2.19 bits per heavy atom. The van der Waals surface area contributed by atoms with Gasteiger partial charge < -0.3 is 0 Å². The van der Waals surface area contributed by atoms with Gasteiger partial charge in [0.2, 0.25) is 0 Å². The zero-order chi connectivity index (χ0) is 18.9. The molecule has 8 unspecified atom stereocenters. The van der Waals surface area contributed by atoms with Gasteiger partial charge in [0.1, 0.15) is 0 Å². The summed E-state index contributed by atoms with van der Waals surface area (Å²) in [6.45, 7) is 18.0. The van der Waals surface area contributed by atoms with Crippen LogP contribution in [0.15, 0.2) is 11.6 Å². The second kappa shape index (κ2) is 6.38. The summed E-state index contributed by atoms with van der Waals surface area (Å²) in [5.74, 6) is 7.20. The Balaban J connectivity index is 1.69. The van der Waals surface area contributed by atoms with Crippen molar-refractivity contribution in [1.82, 2.24) is 0 Å². The average Bonchev–Trinajstić information content (AvgIpc) is 2.92. The van der Waals surface area contributed by atoms with Crippen molar-refractivity contribution < 1.29 is 0 Å². The van der Waals surface area contributed by atoms with E-state index in [2.05, 4.69) is 54.5 Å². The molecule has 0 amide bonds. The standard InChI is InChI=1S/C26H44/c1-16(2)21-10-11-23-20-8-9-22-19(5)18(4)17(3)12-14-26(22,7)24(20)13-15-25(21,23)6/h8,16-19,21-24H,9-15H2,1-7H3/t17-,18?,19?,21?,22?,23?,24?,25?,26?/m0/s1. The van der Waals surface area contributed by atoms with E-state index in [-0.39, 0.29) is 0 Å². The minimum Gasteiger partial charge on any atom is -0.0844 e. The molecule has 0 aromatic rings. The Bertz CT molecular complexity index is 571. The first-order chi connectivity index (χ1) is 12.2. The summed E-state index contributed by atoms with van der Waals surface area (Å²) in [7, 11) is 0. The van der Waals surface area contributed by atoms with Crippen LogP contribution in [0.2, 0.25) is 0 Å². The van der Waals surface area contributed by atoms with Crippen LogP contribution >= 0.6 is 0 Å². The smallest absolute Gasteiger partial charge is 0.0143 e. The lowest BCUT2D eigenvalue weighted by Crippen LogP contribution is -2.48. The molecule has 0 bridgehead atoms. The fraction of sp³-hybridized carbons (Fsp3) is 0.923. The van der Waals surface area contributed by atoms with E-state index >= 15 is 0 Å². The molecule has 0 radical (unpaired) electrons. The van der Waals surface area contributed by atoms with E-state index in [1.807, 2.05) is 5.57 Å². The van der Waals surface area contributed by atoms with Crippen LogP contribution in [0.25, 0.3) is 0 Å². The van der Waals surface area contributed by atoms with E-state index in [1.165, 1.54) is 44.9 Å². The van der Waals surface area contributed by atoms with Gasteiger partial charge in [0, 0.05) is 0 Å². The first-order valence-corrected chi connectivity index (χ1v) is 11.9. The molecule has 0 spiro atoms. The quantitative estimate of drug-likeness (QED) is 0.421. The van der Waals surface area contributed by atoms with Crippen LogP contribution in [0.3, 0.4) is 0 Å². The number of fused-ring (bicyclic) bond motifs is 5. The highest BCUT2D eigenvalue weighted by Crippen LogP contribution is 2.67. The molecule has 0 aromatic carbocycles. The van der Waals surface area contributed by atoms with Gasteiger partial charge in [0.25, 0.3) is 0 Å². The third kappa shape index (κ3) is 2.52. The molecule has 0 heterocycles. The van der Waals surface area contributed by atoms with Crippen molar-refractivity contribution in [1.29, 1.82) is 0 Å². The van der Waals surface area contributed by atoms with Gasteiger partial charge in [-0.05, 0) is 103 Å². The largest absolute Gasteiger partial charge is 0.0844 e. The third-order valence-electron chi connectivity index (χ3n) is 10.7. The van der Waals surface area contributed by atoms with E-state index in [1.54, 1.807) is 0 Å². The zero-order valence-corrected chi connectivity index (χ0v) is 18.6. The summed E-state index contributed by atoms with van der Waals surface area (Å²) < 4.78 is 0. The highest BCUT2D eigenvalue weighted by Gasteiger charge is 2.58. The Kier molecular flexibility index (Phi) is 4.68. The fourth-order valence-corrected chi connectivity index (χ4v) is 8.78. The highest BCUT2D eigenvalue weighted by atomic mass is 14.6. The molecule has 0 saturated heterocycles. The van der Waals surface area contributed by atoms with Crippen molar-refractivity contribution in [2.24, 2.45) is 58.2 Å². The molecule has 9 atom stereocenters. The molecule has 0 aliphatic heterocycles. The summed E-state index contributed by atoms with van der Waals surface area (Å²) in [6, 6.07) is 0. The second-order valence-electron chi connectivity index (χ2n) is 11.9. The van der Waals surface area contributed by atoms with Crippen molar-refractivity contribution in [3.05, 3.63) is 11.6 Å². The van der Waals surface area contributed by atoms with E-state index in [4.69, 9.17) is 0 Å². The SMILES string of the molecule is CC(C)C1CCC2C3=CCC4C(C)C(C)[C@@H](C)CCC4(C)C3CCC21C. The molecule has 26 heavy (non-hydrogen) atoms. The van der Waals surface area contributed by atoms with Crippen LogP contribution in [-0.4, -0.2) is 0 Å². The second-order valence-corrected chi connectivity index (χ2v) is 11.9. The predicted octanol–water partition coefficient (Wildman–Crippen LogP) is 7.74. The highest BCUT2D eigenvalue weighted by molar-refractivity contribution is 5.27. The molecular formula is C26H44. The van der Waals surface area contributed by atoms with E-state index in [0.717, 1.165) is 47.3 Å². The summed E-state index contributed by atoms with van der Waals surface area (Å²) in [5.41, 5.74) is 3.10. The molecule has 4 aliphatic rings. The number of hydrogen-bond acceptors (Lipinski definition) is 0. The molecule has 3 fully saturated rings. The minimum absolute atomic E-state index is 0.569. The summed E-state index contributed by atoms with van der Waals surface area (Å²) in [5, 5.41) is 0. The van der Waals surface area contributed by atoms with Crippen LogP contribution in [0.5, 0.6) is 0 Å². The van der Waals surface area contributed by atoms with E-state index in [9.17, 15) is 0 Å². The first kappa shape index (κ1) is 19.1. The van der Waals surface area contributed by atoms with Gasteiger partial charge in [0.15, 0.2) is 0 Å². The molecule has 0 N–H and O–H groups in total.